The molecule has 1 aliphatic rings. The summed E-state index contributed by atoms with van der Waals surface area (Å²) in [6.07, 6.45) is 3.04. The summed E-state index contributed by atoms with van der Waals surface area (Å²) in [5, 5.41) is 0. The SMILES string of the molecule is CC(C)(C)[C@@H]1CC[C@H](CN)O1. The first kappa shape index (κ1) is 9.01. The highest BCUT2D eigenvalue weighted by molar-refractivity contribution is 4.82. The fraction of sp³-hybridized carbons (Fsp3) is 1.00. The molecule has 0 aromatic rings. The van der Waals surface area contributed by atoms with E-state index >= 15 is 0 Å². The van der Waals surface area contributed by atoms with E-state index in [9.17, 15) is 0 Å². The van der Waals surface area contributed by atoms with Gasteiger partial charge < -0.3 is 10.5 Å². The predicted octanol–water partition coefficient (Wildman–Crippen LogP) is 1.54. The summed E-state index contributed by atoms with van der Waals surface area (Å²) in [5.74, 6) is 0. The Bertz CT molecular complexity index is 128. The fourth-order valence-corrected chi connectivity index (χ4v) is 1.52. The lowest BCUT2D eigenvalue weighted by atomic mass is 9.87. The zero-order valence-corrected chi connectivity index (χ0v) is 7.76. The van der Waals surface area contributed by atoms with Crippen molar-refractivity contribution in [2.45, 2.75) is 45.8 Å². The van der Waals surface area contributed by atoms with E-state index in [1.165, 1.54) is 6.42 Å². The quantitative estimate of drug-likeness (QED) is 0.626. The molecule has 2 N–H and O–H groups in total. The summed E-state index contributed by atoms with van der Waals surface area (Å²) in [6.45, 7) is 7.33. The van der Waals surface area contributed by atoms with Gasteiger partial charge in [0.15, 0.2) is 0 Å². The van der Waals surface area contributed by atoms with Crippen molar-refractivity contribution in [1.82, 2.24) is 0 Å². The minimum absolute atomic E-state index is 0.282. The lowest BCUT2D eigenvalue weighted by Crippen LogP contribution is -2.28. The van der Waals surface area contributed by atoms with E-state index in [1.54, 1.807) is 0 Å². The Hall–Kier alpha value is -0.0800. The van der Waals surface area contributed by atoms with E-state index in [-0.39, 0.29) is 5.41 Å². The minimum atomic E-state index is 0.282. The number of hydrogen-bond donors (Lipinski definition) is 1. The van der Waals surface area contributed by atoms with Crippen molar-refractivity contribution in [3.05, 3.63) is 0 Å². The highest BCUT2D eigenvalue weighted by Crippen LogP contribution is 2.32. The maximum atomic E-state index is 5.75. The van der Waals surface area contributed by atoms with Crippen molar-refractivity contribution in [1.29, 1.82) is 0 Å². The molecular weight excluding hydrogens is 138 g/mol. The van der Waals surface area contributed by atoms with Gasteiger partial charge in [-0.1, -0.05) is 20.8 Å². The van der Waals surface area contributed by atoms with Crippen LogP contribution >= 0.6 is 0 Å². The second-order valence-corrected chi connectivity index (χ2v) is 4.43. The van der Waals surface area contributed by atoms with Gasteiger partial charge >= 0.3 is 0 Å². The first-order chi connectivity index (χ1) is 5.04. The Morgan fingerprint density at radius 2 is 2.00 bits per heavy atom. The molecule has 1 fully saturated rings. The number of hydrogen-bond acceptors (Lipinski definition) is 2. The van der Waals surface area contributed by atoms with Gasteiger partial charge in [0.25, 0.3) is 0 Å². The monoisotopic (exact) mass is 157 g/mol. The average Bonchev–Trinajstić information content (AvgIpc) is 2.32. The van der Waals surface area contributed by atoms with E-state index in [2.05, 4.69) is 20.8 Å². The van der Waals surface area contributed by atoms with Crippen molar-refractivity contribution in [3.63, 3.8) is 0 Å². The number of rotatable bonds is 1. The highest BCUT2D eigenvalue weighted by Gasteiger charge is 2.32. The van der Waals surface area contributed by atoms with Crippen LogP contribution in [0.1, 0.15) is 33.6 Å². The largest absolute Gasteiger partial charge is 0.373 e. The van der Waals surface area contributed by atoms with Crippen LogP contribution in [0.2, 0.25) is 0 Å². The molecule has 0 saturated carbocycles. The third-order valence-electron chi connectivity index (χ3n) is 2.34. The molecule has 1 aliphatic heterocycles. The molecule has 11 heavy (non-hydrogen) atoms. The Morgan fingerprint density at radius 3 is 2.27 bits per heavy atom. The molecule has 66 valence electrons. The van der Waals surface area contributed by atoms with Gasteiger partial charge in [-0.2, -0.15) is 0 Å². The van der Waals surface area contributed by atoms with Crippen LogP contribution in [0.3, 0.4) is 0 Å². The first-order valence-corrected chi connectivity index (χ1v) is 4.39. The molecule has 0 bridgehead atoms. The van der Waals surface area contributed by atoms with Gasteiger partial charge in [-0.3, -0.25) is 0 Å². The van der Waals surface area contributed by atoms with Crippen LogP contribution in [0, 0.1) is 5.41 Å². The molecule has 1 rings (SSSR count). The second-order valence-electron chi connectivity index (χ2n) is 4.43. The molecule has 2 nitrogen and oxygen atoms in total. The molecule has 0 aromatic heterocycles. The Balaban J connectivity index is 2.42. The predicted molar refractivity (Wildman–Crippen MR) is 46.4 cm³/mol. The molecule has 2 atom stereocenters. The molecule has 0 unspecified atom stereocenters. The smallest absolute Gasteiger partial charge is 0.0702 e. The van der Waals surface area contributed by atoms with Crippen LogP contribution in [0.25, 0.3) is 0 Å². The molecular formula is C9H19NO. The average molecular weight is 157 g/mol. The van der Waals surface area contributed by atoms with Gasteiger partial charge in [0.1, 0.15) is 0 Å². The third-order valence-corrected chi connectivity index (χ3v) is 2.34. The van der Waals surface area contributed by atoms with Crippen LogP contribution in [-0.4, -0.2) is 18.8 Å². The maximum Gasteiger partial charge on any atom is 0.0702 e. The van der Waals surface area contributed by atoms with E-state index in [1.807, 2.05) is 0 Å². The molecule has 1 heterocycles. The van der Waals surface area contributed by atoms with Crippen molar-refractivity contribution < 1.29 is 4.74 Å². The summed E-state index contributed by atoms with van der Waals surface area (Å²) in [4.78, 5) is 0. The Kier molecular flexibility index (Phi) is 2.55. The van der Waals surface area contributed by atoms with Crippen LogP contribution < -0.4 is 5.73 Å². The first-order valence-electron chi connectivity index (χ1n) is 4.39. The summed E-state index contributed by atoms with van der Waals surface area (Å²) < 4.78 is 5.75. The Labute approximate surface area is 69.1 Å². The number of nitrogens with two attached hydrogens (primary N) is 1. The third kappa shape index (κ3) is 2.17. The Morgan fingerprint density at radius 1 is 1.36 bits per heavy atom. The van der Waals surface area contributed by atoms with Gasteiger partial charge in [-0.25, -0.2) is 0 Å². The molecule has 2 heteroatoms. The van der Waals surface area contributed by atoms with E-state index < -0.39 is 0 Å². The van der Waals surface area contributed by atoms with E-state index in [4.69, 9.17) is 10.5 Å². The summed E-state index contributed by atoms with van der Waals surface area (Å²) in [6, 6.07) is 0. The standard InChI is InChI=1S/C9H19NO/c1-9(2,3)8-5-4-7(6-10)11-8/h7-8H,4-6,10H2,1-3H3/t7-,8+/m1/s1. The van der Waals surface area contributed by atoms with Gasteiger partial charge in [0.2, 0.25) is 0 Å². The minimum Gasteiger partial charge on any atom is -0.373 e. The molecule has 0 amide bonds. The fourth-order valence-electron chi connectivity index (χ4n) is 1.52. The highest BCUT2D eigenvalue weighted by atomic mass is 16.5. The summed E-state index contributed by atoms with van der Waals surface area (Å²) >= 11 is 0. The summed E-state index contributed by atoms with van der Waals surface area (Å²) in [7, 11) is 0. The lowest BCUT2D eigenvalue weighted by Gasteiger charge is -2.26. The normalized spacial score (nSPS) is 32.7. The van der Waals surface area contributed by atoms with E-state index in [0.29, 0.717) is 18.8 Å². The van der Waals surface area contributed by atoms with Crippen LogP contribution in [0.4, 0.5) is 0 Å². The van der Waals surface area contributed by atoms with E-state index in [0.717, 1.165) is 6.42 Å². The van der Waals surface area contributed by atoms with Gasteiger partial charge in [-0.05, 0) is 18.3 Å². The molecule has 0 radical (unpaired) electrons. The summed E-state index contributed by atoms with van der Waals surface area (Å²) in [5.41, 5.74) is 5.80. The maximum absolute atomic E-state index is 5.75. The zero-order valence-electron chi connectivity index (χ0n) is 7.76. The van der Waals surface area contributed by atoms with Crippen molar-refractivity contribution >= 4 is 0 Å². The van der Waals surface area contributed by atoms with Crippen molar-refractivity contribution in [2.24, 2.45) is 11.1 Å². The van der Waals surface area contributed by atoms with Gasteiger partial charge in [0, 0.05) is 6.54 Å². The van der Waals surface area contributed by atoms with Crippen LogP contribution in [0.15, 0.2) is 0 Å². The van der Waals surface area contributed by atoms with Gasteiger partial charge in [0.05, 0.1) is 12.2 Å². The molecule has 1 saturated heterocycles. The van der Waals surface area contributed by atoms with Crippen LogP contribution in [0.5, 0.6) is 0 Å². The van der Waals surface area contributed by atoms with Crippen molar-refractivity contribution in [2.75, 3.05) is 6.54 Å². The second kappa shape index (κ2) is 3.11. The lowest BCUT2D eigenvalue weighted by molar-refractivity contribution is -0.0117. The van der Waals surface area contributed by atoms with Gasteiger partial charge in [-0.15, -0.1) is 0 Å². The molecule has 0 spiro atoms. The van der Waals surface area contributed by atoms with Crippen molar-refractivity contribution in [3.8, 4) is 0 Å². The zero-order chi connectivity index (χ0) is 8.48. The molecule has 0 aliphatic carbocycles. The number of ether oxygens (including phenoxy) is 1. The van der Waals surface area contributed by atoms with Crippen LogP contribution in [-0.2, 0) is 4.74 Å². The topological polar surface area (TPSA) is 35.2 Å². The molecule has 0 aromatic carbocycles.